The van der Waals surface area contributed by atoms with Gasteiger partial charge in [-0.3, -0.25) is 0 Å². The lowest BCUT2D eigenvalue weighted by Gasteiger charge is -2.11. The van der Waals surface area contributed by atoms with E-state index in [0.29, 0.717) is 0 Å². The molecule has 3 rings (SSSR count). The SMILES string of the molecule is NCCc1c(C2CCCC2)[nH]c2c1COC2. The number of aromatic amines is 1. The Morgan fingerprint density at radius 2 is 2.06 bits per heavy atom. The zero-order chi connectivity index (χ0) is 11.0. The highest BCUT2D eigenvalue weighted by molar-refractivity contribution is 5.40. The van der Waals surface area contributed by atoms with E-state index in [9.17, 15) is 0 Å². The summed E-state index contributed by atoms with van der Waals surface area (Å²) in [6.45, 7) is 2.29. The fraction of sp³-hybridized carbons (Fsp3) is 0.692. The first kappa shape index (κ1) is 10.4. The summed E-state index contributed by atoms with van der Waals surface area (Å²) in [7, 11) is 0. The van der Waals surface area contributed by atoms with Gasteiger partial charge in [-0.15, -0.1) is 0 Å². The van der Waals surface area contributed by atoms with E-state index < -0.39 is 0 Å². The summed E-state index contributed by atoms with van der Waals surface area (Å²) in [5, 5.41) is 0. The van der Waals surface area contributed by atoms with Crippen LogP contribution in [-0.4, -0.2) is 11.5 Å². The minimum absolute atomic E-state index is 0.740. The van der Waals surface area contributed by atoms with Gasteiger partial charge in [0.15, 0.2) is 0 Å². The molecule has 0 unspecified atom stereocenters. The first-order valence-electron chi connectivity index (χ1n) is 6.40. The highest BCUT2D eigenvalue weighted by Gasteiger charge is 2.27. The molecule has 0 saturated heterocycles. The average molecular weight is 220 g/mol. The molecule has 0 radical (unpaired) electrons. The number of hydrogen-bond donors (Lipinski definition) is 2. The van der Waals surface area contributed by atoms with Crippen LogP contribution in [0.25, 0.3) is 0 Å². The first-order valence-corrected chi connectivity index (χ1v) is 6.40. The Labute approximate surface area is 96.4 Å². The van der Waals surface area contributed by atoms with Crippen molar-refractivity contribution in [3.8, 4) is 0 Å². The van der Waals surface area contributed by atoms with Crippen molar-refractivity contribution in [2.75, 3.05) is 6.54 Å². The van der Waals surface area contributed by atoms with E-state index in [2.05, 4.69) is 4.98 Å². The smallest absolute Gasteiger partial charge is 0.0874 e. The van der Waals surface area contributed by atoms with Crippen LogP contribution in [0.15, 0.2) is 0 Å². The van der Waals surface area contributed by atoms with Crippen LogP contribution < -0.4 is 5.73 Å². The van der Waals surface area contributed by atoms with Crippen molar-refractivity contribution in [3.63, 3.8) is 0 Å². The Bertz CT molecular complexity index is 378. The number of aromatic nitrogens is 1. The summed E-state index contributed by atoms with van der Waals surface area (Å²) in [6, 6.07) is 0. The van der Waals surface area contributed by atoms with Gasteiger partial charge in [-0.2, -0.15) is 0 Å². The van der Waals surface area contributed by atoms with Crippen LogP contribution in [0, 0.1) is 0 Å². The van der Waals surface area contributed by atoms with Gasteiger partial charge in [-0.1, -0.05) is 12.8 Å². The van der Waals surface area contributed by atoms with Gasteiger partial charge in [0.25, 0.3) is 0 Å². The van der Waals surface area contributed by atoms with Crippen molar-refractivity contribution in [2.24, 2.45) is 5.73 Å². The molecule has 3 N–H and O–H groups in total. The van der Waals surface area contributed by atoms with Crippen LogP contribution in [0.1, 0.15) is 54.1 Å². The van der Waals surface area contributed by atoms with E-state index in [4.69, 9.17) is 10.5 Å². The van der Waals surface area contributed by atoms with E-state index in [-0.39, 0.29) is 0 Å². The summed E-state index contributed by atoms with van der Waals surface area (Å²) in [5.41, 5.74) is 11.4. The van der Waals surface area contributed by atoms with Gasteiger partial charge >= 0.3 is 0 Å². The molecule has 1 saturated carbocycles. The third-order valence-corrected chi connectivity index (χ3v) is 3.99. The molecule has 3 nitrogen and oxygen atoms in total. The van der Waals surface area contributed by atoms with Gasteiger partial charge < -0.3 is 15.5 Å². The van der Waals surface area contributed by atoms with Crippen LogP contribution in [0.5, 0.6) is 0 Å². The van der Waals surface area contributed by atoms with Crippen molar-refractivity contribution < 1.29 is 4.74 Å². The van der Waals surface area contributed by atoms with Gasteiger partial charge in [-0.25, -0.2) is 0 Å². The molecule has 16 heavy (non-hydrogen) atoms. The van der Waals surface area contributed by atoms with Gasteiger partial charge in [0.05, 0.1) is 13.2 Å². The summed E-state index contributed by atoms with van der Waals surface area (Å²) >= 11 is 0. The molecule has 1 aromatic heterocycles. The van der Waals surface area contributed by atoms with E-state index in [1.807, 2.05) is 0 Å². The molecule has 0 bridgehead atoms. The Balaban J connectivity index is 1.96. The number of hydrogen-bond acceptors (Lipinski definition) is 2. The molecular weight excluding hydrogens is 200 g/mol. The highest BCUT2D eigenvalue weighted by atomic mass is 16.5. The van der Waals surface area contributed by atoms with Gasteiger partial charge in [0.2, 0.25) is 0 Å². The zero-order valence-corrected chi connectivity index (χ0v) is 9.72. The average Bonchev–Trinajstić information content (AvgIpc) is 2.93. The molecule has 1 fully saturated rings. The Morgan fingerprint density at radius 3 is 2.81 bits per heavy atom. The van der Waals surface area contributed by atoms with Crippen LogP contribution >= 0.6 is 0 Å². The van der Waals surface area contributed by atoms with Crippen LogP contribution in [0.4, 0.5) is 0 Å². The van der Waals surface area contributed by atoms with Crippen molar-refractivity contribution in [1.82, 2.24) is 4.98 Å². The Kier molecular flexibility index (Phi) is 2.74. The third-order valence-electron chi connectivity index (χ3n) is 3.99. The van der Waals surface area contributed by atoms with E-state index in [1.54, 1.807) is 0 Å². The van der Waals surface area contributed by atoms with Crippen LogP contribution in [-0.2, 0) is 24.4 Å². The first-order chi connectivity index (χ1) is 7.90. The molecular formula is C13H20N2O. The summed E-state index contributed by atoms with van der Waals surface area (Å²) in [4.78, 5) is 3.61. The van der Waals surface area contributed by atoms with E-state index >= 15 is 0 Å². The molecule has 0 aromatic carbocycles. The van der Waals surface area contributed by atoms with Crippen molar-refractivity contribution in [1.29, 1.82) is 0 Å². The number of fused-ring (bicyclic) bond motifs is 1. The molecule has 0 amide bonds. The lowest BCUT2D eigenvalue weighted by atomic mass is 9.96. The Hall–Kier alpha value is -0.800. The summed E-state index contributed by atoms with van der Waals surface area (Å²) in [5.74, 6) is 0.757. The normalized spacial score (nSPS) is 20.6. The van der Waals surface area contributed by atoms with E-state index in [1.165, 1.54) is 48.2 Å². The molecule has 0 spiro atoms. The second kappa shape index (κ2) is 4.22. The minimum atomic E-state index is 0.740. The summed E-state index contributed by atoms with van der Waals surface area (Å²) < 4.78 is 5.49. The minimum Gasteiger partial charge on any atom is -0.370 e. The Morgan fingerprint density at radius 1 is 1.25 bits per heavy atom. The molecule has 2 heterocycles. The maximum absolute atomic E-state index is 5.73. The lowest BCUT2D eigenvalue weighted by Crippen LogP contribution is -2.07. The van der Waals surface area contributed by atoms with Crippen molar-refractivity contribution in [3.05, 3.63) is 22.5 Å². The van der Waals surface area contributed by atoms with Crippen LogP contribution in [0.3, 0.4) is 0 Å². The monoisotopic (exact) mass is 220 g/mol. The fourth-order valence-corrected chi connectivity index (χ4v) is 3.20. The third kappa shape index (κ3) is 1.59. The second-order valence-corrected chi connectivity index (χ2v) is 4.99. The number of H-pyrrole nitrogens is 1. The standard InChI is InChI=1S/C13H20N2O/c14-6-5-10-11-7-16-8-12(11)15-13(10)9-3-1-2-4-9/h9,15H,1-8,14H2. The van der Waals surface area contributed by atoms with Crippen molar-refractivity contribution in [2.45, 2.75) is 51.2 Å². The zero-order valence-electron chi connectivity index (χ0n) is 9.72. The molecule has 2 aliphatic rings. The largest absolute Gasteiger partial charge is 0.370 e. The molecule has 0 atom stereocenters. The van der Waals surface area contributed by atoms with E-state index in [0.717, 1.165) is 32.1 Å². The van der Waals surface area contributed by atoms with Crippen molar-refractivity contribution >= 4 is 0 Å². The molecule has 88 valence electrons. The molecule has 1 aliphatic heterocycles. The number of ether oxygens (including phenoxy) is 1. The topological polar surface area (TPSA) is 51.0 Å². The van der Waals surface area contributed by atoms with Gasteiger partial charge in [0, 0.05) is 17.0 Å². The highest BCUT2D eigenvalue weighted by Crippen LogP contribution is 2.38. The molecule has 3 heteroatoms. The predicted molar refractivity (Wildman–Crippen MR) is 63.3 cm³/mol. The molecule has 1 aliphatic carbocycles. The number of nitrogens with one attached hydrogen (secondary N) is 1. The van der Waals surface area contributed by atoms with Crippen LogP contribution in [0.2, 0.25) is 0 Å². The summed E-state index contributed by atoms with van der Waals surface area (Å²) in [6.07, 6.45) is 6.45. The second-order valence-electron chi connectivity index (χ2n) is 4.99. The predicted octanol–water partition coefficient (Wildman–Crippen LogP) is 2.20. The van der Waals surface area contributed by atoms with Gasteiger partial charge in [0.1, 0.15) is 0 Å². The number of nitrogens with two attached hydrogens (primary N) is 1. The quantitative estimate of drug-likeness (QED) is 0.820. The van der Waals surface area contributed by atoms with Gasteiger partial charge in [-0.05, 0) is 37.3 Å². The maximum atomic E-state index is 5.73. The maximum Gasteiger partial charge on any atom is 0.0874 e. The molecule has 1 aromatic rings. The number of rotatable bonds is 3. The lowest BCUT2D eigenvalue weighted by molar-refractivity contribution is 0.132. The fourth-order valence-electron chi connectivity index (χ4n) is 3.20.